The summed E-state index contributed by atoms with van der Waals surface area (Å²) in [7, 11) is 0. The van der Waals surface area contributed by atoms with Gasteiger partial charge in [0.2, 0.25) is 0 Å². The molecule has 2 N–H and O–H groups in total. The summed E-state index contributed by atoms with van der Waals surface area (Å²) >= 11 is 0. The van der Waals surface area contributed by atoms with E-state index in [2.05, 4.69) is 45.3 Å². The summed E-state index contributed by atoms with van der Waals surface area (Å²) in [6, 6.07) is 16.5. The van der Waals surface area contributed by atoms with Gasteiger partial charge in [0.05, 0.1) is 11.0 Å². The molecule has 29 heavy (non-hydrogen) atoms. The fourth-order valence-electron chi connectivity index (χ4n) is 4.68. The van der Waals surface area contributed by atoms with Crippen molar-refractivity contribution < 1.29 is 0 Å². The molecular weight excluding hydrogens is 384 g/mol. The van der Waals surface area contributed by atoms with Crippen LogP contribution in [0.25, 0.3) is 21.9 Å². The third-order valence-electron chi connectivity index (χ3n) is 6.19. The lowest BCUT2D eigenvalue weighted by molar-refractivity contribution is 0.207. The number of nitrogens with zero attached hydrogens (tertiary/aromatic N) is 2. The molecule has 2 aromatic carbocycles. The van der Waals surface area contributed by atoms with E-state index in [4.69, 9.17) is 0 Å². The lowest BCUT2D eigenvalue weighted by Crippen LogP contribution is -2.34. The Morgan fingerprint density at radius 3 is 2.48 bits per heavy atom. The van der Waals surface area contributed by atoms with Crippen molar-refractivity contribution >= 4 is 34.3 Å². The Morgan fingerprint density at radius 2 is 1.66 bits per heavy atom. The molecule has 1 saturated heterocycles. The Kier molecular flexibility index (Phi) is 5.79. The maximum Gasteiger partial charge on any atom is 0.326 e. The van der Waals surface area contributed by atoms with Gasteiger partial charge in [-0.3, -0.25) is 4.57 Å². The topological polar surface area (TPSA) is 56.8 Å². The van der Waals surface area contributed by atoms with Crippen LogP contribution in [0.1, 0.15) is 30.7 Å². The highest BCUT2D eigenvalue weighted by atomic mass is 35.5. The molecule has 0 bridgehead atoms. The molecular formula is C23H27ClN4O. The first-order chi connectivity index (χ1) is 13.8. The highest BCUT2D eigenvalue weighted by Crippen LogP contribution is 2.33. The van der Waals surface area contributed by atoms with Crippen LogP contribution in [0.4, 0.5) is 0 Å². The predicted molar refractivity (Wildman–Crippen MR) is 121 cm³/mol. The smallest absolute Gasteiger partial charge is 0.326 e. The summed E-state index contributed by atoms with van der Waals surface area (Å²) in [6.45, 7) is 4.08. The fourth-order valence-corrected chi connectivity index (χ4v) is 4.68. The molecule has 0 radical (unpaired) electrons. The van der Waals surface area contributed by atoms with E-state index < -0.39 is 0 Å². The van der Waals surface area contributed by atoms with E-state index in [1.54, 1.807) is 0 Å². The highest BCUT2D eigenvalue weighted by Gasteiger charge is 2.22. The summed E-state index contributed by atoms with van der Waals surface area (Å²) in [5.41, 5.74) is 4.64. The number of nitrogens with one attached hydrogen (secondary N) is 2. The molecule has 0 aliphatic carbocycles. The SMILES string of the molecule is Cl.O=c1[nH]c2ccccc2n1CCCN1CCC(c2c[nH]c3ccccc23)CC1. The Balaban J connectivity index is 0.00000205. The van der Waals surface area contributed by atoms with E-state index in [0.717, 1.165) is 43.6 Å². The van der Waals surface area contributed by atoms with Crippen LogP contribution in [0.3, 0.4) is 0 Å². The normalized spacial score (nSPS) is 15.7. The number of hydrogen-bond acceptors (Lipinski definition) is 2. The molecule has 0 saturated carbocycles. The van der Waals surface area contributed by atoms with Crippen molar-refractivity contribution in [3.8, 4) is 0 Å². The van der Waals surface area contributed by atoms with Crippen LogP contribution >= 0.6 is 12.4 Å². The van der Waals surface area contributed by atoms with E-state index in [1.165, 1.54) is 29.3 Å². The Bertz CT molecular complexity index is 1150. The van der Waals surface area contributed by atoms with Crippen LogP contribution < -0.4 is 5.69 Å². The van der Waals surface area contributed by atoms with Crippen LogP contribution in [0, 0.1) is 0 Å². The number of piperidine rings is 1. The third-order valence-corrected chi connectivity index (χ3v) is 6.19. The molecule has 3 heterocycles. The minimum Gasteiger partial charge on any atom is -0.361 e. The number of para-hydroxylation sites is 3. The molecule has 1 aliphatic rings. The Labute approximate surface area is 176 Å². The molecule has 0 amide bonds. The van der Waals surface area contributed by atoms with Gasteiger partial charge < -0.3 is 14.9 Å². The first-order valence-electron chi connectivity index (χ1n) is 10.3. The summed E-state index contributed by atoms with van der Waals surface area (Å²) in [6.07, 6.45) is 5.61. The monoisotopic (exact) mass is 410 g/mol. The van der Waals surface area contributed by atoms with Crippen molar-refractivity contribution in [2.24, 2.45) is 0 Å². The quantitative estimate of drug-likeness (QED) is 0.508. The molecule has 0 unspecified atom stereocenters. The number of fused-ring (bicyclic) bond motifs is 2. The first kappa shape index (κ1) is 19.8. The van der Waals surface area contributed by atoms with Crippen LogP contribution in [0.15, 0.2) is 59.5 Å². The number of H-pyrrole nitrogens is 2. The molecule has 0 spiro atoms. The van der Waals surface area contributed by atoms with Gasteiger partial charge in [0.1, 0.15) is 0 Å². The number of benzene rings is 2. The lowest BCUT2D eigenvalue weighted by Gasteiger charge is -2.32. The molecule has 1 aliphatic heterocycles. The van der Waals surface area contributed by atoms with Crippen molar-refractivity contribution in [3.63, 3.8) is 0 Å². The van der Waals surface area contributed by atoms with Gasteiger partial charge in [-0.15, -0.1) is 12.4 Å². The van der Waals surface area contributed by atoms with Crippen LogP contribution in [-0.2, 0) is 6.54 Å². The standard InChI is InChI=1S/C23H26N4O.ClH/c28-23-25-21-8-3-4-9-22(21)27(23)13-5-12-26-14-10-17(11-15-26)19-16-24-20-7-2-1-6-18(19)20;/h1-4,6-9,16-17,24H,5,10-15H2,(H,25,28);1H. The molecule has 2 aromatic heterocycles. The summed E-state index contributed by atoms with van der Waals surface area (Å²) in [5, 5.41) is 1.37. The molecule has 5 rings (SSSR count). The molecule has 152 valence electrons. The van der Waals surface area contributed by atoms with Crippen molar-refractivity contribution in [2.45, 2.75) is 31.7 Å². The van der Waals surface area contributed by atoms with E-state index in [0.29, 0.717) is 5.92 Å². The molecule has 1 fully saturated rings. The van der Waals surface area contributed by atoms with Crippen LogP contribution in [-0.4, -0.2) is 39.1 Å². The van der Waals surface area contributed by atoms with E-state index in [9.17, 15) is 4.79 Å². The number of aryl methyl sites for hydroxylation is 1. The number of halogens is 1. The van der Waals surface area contributed by atoms with Gasteiger partial charge in [-0.25, -0.2) is 4.79 Å². The number of imidazole rings is 1. The van der Waals surface area contributed by atoms with Crippen molar-refractivity contribution in [1.29, 1.82) is 0 Å². The van der Waals surface area contributed by atoms with Crippen LogP contribution in [0.5, 0.6) is 0 Å². The summed E-state index contributed by atoms with van der Waals surface area (Å²) in [4.78, 5) is 21.1. The van der Waals surface area contributed by atoms with Crippen molar-refractivity contribution in [3.05, 3.63) is 70.8 Å². The zero-order valence-electron chi connectivity index (χ0n) is 16.4. The number of rotatable bonds is 5. The van der Waals surface area contributed by atoms with Gasteiger partial charge in [-0.05, 0) is 68.6 Å². The van der Waals surface area contributed by atoms with Gasteiger partial charge in [0.25, 0.3) is 0 Å². The minimum atomic E-state index is -0.000700. The summed E-state index contributed by atoms with van der Waals surface area (Å²) < 4.78 is 1.87. The van der Waals surface area contributed by atoms with Crippen molar-refractivity contribution in [2.75, 3.05) is 19.6 Å². The molecule has 6 heteroatoms. The van der Waals surface area contributed by atoms with Gasteiger partial charge in [0, 0.05) is 23.6 Å². The number of aromatic nitrogens is 3. The fraction of sp³-hybridized carbons (Fsp3) is 0.348. The second kappa shape index (κ2) is 8.47. The second-order valence-corrected chi connectivity index (χ2v) is 7.86. The molecule has 4 aromatic rings. The Hall–Kier alpha value is -2.50. The lowest BCUT2D eigenvalue weighted by atomic mass is 9.89. The maximum absolute atomic E-state index is 12.2. The van der Waals surface area contributed by atoms with E-state index >= 15 is 0 Å². The largest absolute Gasteiger partial charge is 0.361 e. The number of aromatic amines is 2. The second-order valence-electron chi connectivity index (χ2n) is 7.86. The zero-order chi connectivity index (χ0) is 18.9. The van der Waals surface area contributed by atoms with Gasteiger partial charge in [-0.1, -0.05) is 30.3 Å². The minimum absolute atomic E-state index is 0. The molecule has 5 nitrogen and oxygen atoms in total. The van der Waals surface area contributed by atoms with Gasteiger partial charge in [-0.2, -0.15) is 0 Å². The zero-order valence-corrected chi connectivity index (χ0v) is 17.3. The predicted octanol–water partition coefficient (Wildman–Crippen LogP) is 4.50. The van der Waals surface area contributed by atoms with Crippen molar-refractivity contribution in [1.82, 2.24) is 19.4 Å². The summed E-state index contributed by atoms with van der Waals surface area (Å²) in [5.74, 6) is 0.642. The van der Waals surface area contributed by atoms with E-state index in [1.807, 2.05) is 28.8 Å². The average molecular weight is 411 g/mol. The first-order valence-corrected chi connectivity index (χ1v) is 10.3. The average Bonchev–Trinajstić information content (AvgIpc) is 3.30. The number of likely N-dealkylation sites (tertiary alicyclic amines) is 1. The number of hydrogen-bond donors (Lipinski definition) is 2. The van der Waals surface area contributed by atoms with Crippen LogP contribution in [0.2, 0.25) is 0 Å². The molecule has 0 atom stereocenters. The third kappa shape index (κ3) is 3.85. The highest BCUT2D eigenvalue weighted by molar-refractivity contribution is 5.85. The maximum atomic E-state index is 12.2. The Morgan fingerprint density at radius 1 is 0.931 bits per heavy atom. The van der Waals surface area contributed by atoms with Gasteiger partial charge in [0.15, 0.2) is 0 Å². The van der Waals surface area contributed by atoms with E-state index in [-0.39, 0.29) is 18.1 Å². The van der Waals surface area contributed by atoms with Gasteiger partial charge >= 0.3 is 5.69 Å².